The van der Waals surface area contributed by atoms with E-state index in [0.29, 0.717) is 0 Å². The fourth-order valence-electron chi connectivity index (χ4n) is 1.44. The van der Waals surface area contributed by atoms with Crippen LogP contribution in [-0.2, 0) is 6.54 Å². The molecule has 0 aliphatic carbocycles. The first kappa shape index (κ1) is 11.7. The number of rotatable bonds is 4. The van der Waals surface area contributed by atoms with Gasteiger partial charge in [0.1, 0.15) is 13.1 Å². The summed E-state index contributed by atoms with van der Waals surface area (Å²) in [6, 6.07) is 8.22. The number of nitrogens with zero attached hydrogens (tertiary/aromatic N) is 1. The van der Waals surface area contributed by atoms with Crippen molar-refractivity contribution in [3.05, 3.63) is 34.3 Å². The molecule has 2 nitrogen and oxygen atoms in total. The quantitative estimate of drug-likeness (QED) is 0.820. The second-order valence-electron chi connectivity index (χ2n) is 4.13. The van der Waals surface area contributed by atoms with Crippen LogP contribution in [0.25, 0.3) is 0 Å². The van der Waals surface area contributed by atoms with E-state index in [4.69, 9.17) is 5.11 Å². The lowest BCUT2D eigenvalue weighted by Gasteiger charge is -2.29. The molecule has 0 aromatic heterocycles. The van der Waals surface area contributed by atoms with Crippen LogP contribution in [0.2, 0.25) is 0 Å². The number of halogens is 1. The Morgan fingerprint density at radius 1 is 1.29 bits per heavy atom. The van der Waals surface area contributed by atoms with Crippen molar-refractivity contribution in [1.29, 1.82) is 0 Å². The summed E-state index contributed by atoms with van der Waals surface area (Å²) in [6.07, 6.45) is 0. The number of benzene rings is 1. The van der Waals surface area contributed by atoms with Gasteiger partial charge in [0.15, 0.2) is 0 Å². The summed E-state index contributed by atoms with van der Waals surface area (Å²) >= 11 is 3.53. The summed E-state index contributed by atoms with van der Waals surface area (Å²) < 4.78 is 1.95. The van der Waals surface area contributed by atoms with Gasteiger partial charge in [0.25, 0.3) is 0 Å². The molecule has 0 fully saturated rings. The third kappa shape index (κ3) is 3.40. The standard InChI is InChI=1S/C11H17BrNO/c1-13(2,7-8-14)9-10-5-3-4-6-11(10)12/h3-6,14H,7-9H2,1-2H3/q+1. The molecule has 0 heterocycles. The molecule has 0 spiro atoms. The van der Waals surface area contributed by atoms with Gasteiger partial charge in [-0.3, -0.25) is 0 Å². The molecule has 0 saturated heterocycles. The van der Waals surface area contributed by atoms with Crippen molar-refractivity contribution in [3.63, 3.8) is 0 Å². The number of aliphatic hydroxyl groups excluding tert-OH is 1. The molecule has 1 rings (SSSR count). The Labute approximate surface area is 93.9 Å². The maximum absolute atomic E-state index is 8.92. The van der Waals surface area contributed by atoms with Gasteiger partial charge in [0.05, 0.1) is 20.7 Å². The van der Waals surface area contributed by atoms with E-state index in [1.807, 2.05) is 18.2 Å². The summed E-state index contributed by atoms with van der Waals surface area (Å²) in [5.74, 6) is 0. The minimum Gasteiger partial charge on any atom is -0.391 e. The molecule has 0 radical (unpaired) electrons. The van der Waals surface area contributed by atoms with Gasteiger partial charge in [0.2, 0.25) is 0 Å². The normalized spacial score (nSPS) is 11.7. The van der Waals surface area contributed by atoms with Crippen molar-refractivity contribution >= 4 is 15.9 Å². The Kier molecular flexibility index (Phi) is 4.11. The Balaban J connectivity index is 2.73. The van der Waals surface area contributed by atoms with Crippen LogP contribution >= 0.6 is 15.9 Å². The molecule has 0 aliphatic rings. The zero-order chi connectivity index (χ0) is 10.6. The lowest BCUT2D eigenvalue weighted by molar-refractivity contribution is -0.903. The molecule has 0 aliphatic heterocycles. The zero-order valence-corrected chi connectivity index (χ0v) is 10.3. The number of quaternary nitrogens is 1. The van der Waals surface area contributed by atoms with E-state index in [1.54, 1.807) is 0 Å². The van der Waals surface area contributed by atoms with Gasteiger partial charge < -0.3 is 9.59 Å². The SMILES string of the molecule is C[N+](C)(CCO)Cc1ccccc1Br. The van der Waals surface area contributed by atoms with Crippen molar-refractivity contribution in [1.82, 2.24) is 0 Å². The first-order valence-corrected chi connectivity index (χ1v) is 5.51. The highest BCUT2D eigenvalue weighted by Crippen LogP contribution is 2.19. The average Bonchev–Trinajstić information content (AvgIpc) is 2.08. The molecular formula is C11H17BrNO+. The van der Waals surface area contributed by atoms with Crippen molar-refractivity contribution in [2.75, 3.05) is 27.2 Å². The van der Waals surface area contributed by atoms with Crippen molar-refractivity contribution < 1.29 is 9.59 Å². The number of hydrogen-bond donors (Lipinski definition) is 1. The highest BCUT2D eigenvalue weighted by atomic mass is 79.9. The number of aliphatic hydroxyl groups is 1. The van der Waals surface area contributed by atoms with Crippen LogP contribution in [0, 0.1) is 0 Å². The molecule has 1 N–H and O–H groups in total. The predicted molar refractivity (Wildman–Crippen MR) is 61.9 cm³/mol. The monoisotopic (exact) mass is 258 g/mol. The molecule has 0 atom stereocenters. The molecule has 14 heavy (non-hydrogen) atoms. The molecule has 0 unspecified atom stereocenters. The topological polar surface area (TPSA) is 20.2 Å². The van der Waals surface area contributed by atoms with Crippen LogP contribution in [0.15, 0.2) is 28.7 Å². The molecule has 3 heteroatoms. The molecule has 0 amide bonds. The zero-order valence-electron chi connectivity index (χ0n) is 8.70. The highest BCUT2D eigenvalue weighted by molar-refractivity contribution is 9.10. The number of likely N-dealkylation sites (N-methyl/N-ethyl adjacent to an activating group) is 1. The maximum atomic E-state index is 8.92. The Morgan fingerprint density at radius 3 is 2.50 bits per heavy atom. The van der Waals surface area contributed by atoms with E-state index < -0.39 is 0 Å². The van der Waals surface area contributed by atoms with Crippen LogP contribution in [0.1, 0.15) is 5.56 Å². The van der Waals surface area contributed by atoms with Crippen LogP contribution in [0.4, 0.5) is 0 Å². The third-order valence-electron chi connectivity index (χ3n) is 2.26. The molecular weight excluding hydrogens is 242 g/mol. The van der Waals surface area contributed by atoms with E-state index in [1.165, 1.54) is 5.56 Å². The minimum atomic E-state index is 0.234. The van der Waals surface area contributed by atoms with E-state index in [9.17, 15) is 0 Å². The lowest BCUT2D eigenvalue weighted by atomic mass is 10.2. The largest absolute Gasteiger partial charge is 0.391 e. The lowest BCUT2D eigenvalue weighted by Crippen LogP contribution is -2.41. The summed E-state index contributed by atoms with van der Waals surface area (Å²) in [5.41, 5.74) is 1.28. The predicted octanol–water partition coefficient (Wildman–Crippen LogP) is 2.02. The van der Waals surface area contributed by atoms with Crippen molar-refractivity contribution in [2.24, 2.45) is 0 Å². The van der Waals surface area contributed by atoms with Gasteiger partial charge in [-0.25, -0.2) is 0 Å². The third-order valence-corrected chi connectivity index (χ3v) is 3.04. The summed E-state index contributed by atoms with van der Waals surface area (Å²) in [6.45, 7) is 1.95. The van der Waals surface area contributed by atoms with Crippen LogP contribution in [0.3, 0.4) is 0 Å². The van der Waals surface area contributed by atoms with Crippen LogP contribution < -0.4 is 0 Å². The molecule has 1 aromatic rings. The van der Waals surface area contributed by atoms with Gasteiger partial charge in [0, 0.05) is 10.0 Å². The Hall–Kier alpha value is -0.380. The second kappa shape index (κ2) is 4.91. The summed E-state index contributed by atoms with van der Waals surface area (Å²) in [4.78, 5) is 0. The fraction of sp³-hybridized carbons (Fsp3) is 0.455. The first-order chi connectivity index (χ1) is 6.55. The highest BCUT2D eigenvalue weighted by Gasteiger charge is 2.16. The first-order valence-electron chi connectivity index (χ1n) is 4.71. The molecule has 0 saturated carbocycles. The van der Waals surface area contributed by atoms with Crippen molar-refractivity contribution in [3.8, 4) is 0 Å². The Morgan fingerprint density at radius 2 is 1.93 bits per heavy atom. The minimum absolute atomic E-state index is 0.234. The van der Waals surface area contributed by atoms with Crippen LogP contribution in [0.5, 0.6) is 0 Å². The molecule has 0 bridgehead atoms. The van der Waals surface area contributed by atoms with Crippen LogP contribution in [-0.4, -0.2) is 36.8 Å². The van der Waals surface area contributed by atoms with E-state index in [2.05, 4.69) is 36.1 Å². The van der Waals surface area contributed by atoms with E-state index >= 15 is 0 Å². The fourth-order valence-corrected chi connectivity index (χ4v) is 1.85. The summed E-state index contributed by atoms with van der Waals surface area (Å²) in [7, 11) is 4.24. The maximum Gasteiger partial charge on any atom is 0.105 e. The average molecular weight is 259 g/mol. The van der Waals surface area contributed by atoms with E-state index in [-0.39, 0.29) is 6.61 Å². The van der Waals surface area contributed by atoms with Gasteiger partial charge in [-0.1, -0.05) is 34.1 Å². The molecule has 78 valence electrons. The second-order valence-corrected chi connectivity index (χ2v) is 4.99. The van der Waals surface area contributed by atoms with E-state index in [0.717, 1.165) is 22.0 Å². The van der Waals surface area contributed by atoms with Gasteiger partial charge >= 0.3 is 0 Å². The van der Waals surface area contributed by atoms with Gasteiger partial charge in [-0.05, 0) is 6.07 Å². The summed E-state index contributed by atoms with van der Waals surface area (Å²) in [5, 5.41) is 8.92. The number of hydrogen-bond acceptors (Lipinski definition) is 1. The van der Waals surface area contributed by atoms with Crippen molar-refractivity contribution in [2.45, 2.75) is 6.54 Å². The smallest absolute Gasteiger partial charge is 0.105 e. The van der Waals surface area contributed by atoms with Gasteiger partial charge in [-0.15, -0.1) is 0 Å². The Bertz CT molecular complexity index is 299. The van der Waals surface area contributed by atoms with Gasteiger partial charge in [-0.2, -0.15) is 0 Å². The molecule has 1 aromatic carbocycles.